The predicted octanol–water partition coefficient (Wildman–Crippen LogP) is 3.02. The van der Waals surface area contributed by atoms with E-state index in [1.807, 2.05) is 38.1 Å². The Morgan fingerprint density at radius 3 is 2.34 bits per heavy atom. The number of rotatable bonds is 6. The van der Waals surface area contributed by atoms with Crippen LogP contribution in [0.5, 0.6) is 0 Å². The van der Waals surface area contributed by atoms with Gasteiger partial charge in [-0.25, -0.2) is 8.78 Å². The third-order valence-corrected chi connectivity index (χ3v) is 8.22. The quantitative estimate of drug-likeness (QED) is 0.629. The Morgan fingerprint density at radius 2 is 1.74 bits per heavy atom. The van der Waals surface area contributed by atoms with Crippen molar-refractivity contribution in [3.8, 4) is 0 Å². The maximum atomic E-state index is 15.3. The van der Waals surface area contributed by atoms with Gasteiger partial charge >= 0.3 is 0 Å². The highest BCUT2D eigenvalue weighted by atomic mass is 19.1. The van der Waals surface area contributed by atoms with Crippen molar-refractivity contribution in [2.45, 2.75) is 51.2 Å². The summed E-state index contributed by atoms with van der Waals surface area (Å²) in [6.07, 6.45) is 1.79. The van der Waals surface area contributed by atoms with Crippen LogP contribution in [0.25, 0.3) is 0 Å². The smallest absolute Gasteiger partial charge is 0.250 e. The number of halogens is 2. The monoisotopic (exact) mass is 525 g/mol. The van der Waals surface area contributed by atoms with Crippen LogP contribution in [0, 0.1) is 23.5 Å². The van der Waals surface area contributed by atoms with E-state index >= 15 is 4.39 Å². The van der Waals surface area contributed by atoms with Crippen LogP contribution in [0.3, 0.4) is 0 Å². The Hall–Kier alpha value is -3.33. The van der Waals surface area contributed by atoms with Crippen molar-refractivity contribution in [2.75, 3.05) is 26.3 Å². The number of hydrogen-bond donors (Lipinski definition) is 1. The van der Waals surface area contributed by atoms with Crippen LogP contribution in [-0.4, -0.2) is 65.9 Å². The molecule has 4 atom stereocenters. The van der Waals surface area contributed by atoms with Crippen LogP contribution in [0.1, 0.15) is 43.0 Å². The van der Waals surface area contributed by atoms with E-state index in [1.165, 1.54) is 15.9 Å². The molecule has 9 heteroatoms. The van der Waals surface area contributed by atoms with Gasteiger partial charge in [-0.2, -0.15) is 0 Å². The van der Waals surface area contributed by atoms with Gasteiger partial charge in [-0.3, -0.25) is 14.4 Å². The summed E-state index contributed by atoms with van der Waals surface area (Å²) in [4.78, 5) is 44.9. The van der Waals surface area contributed by atoms with Gasteiger partial charge in [-0.15, -0.1) is 0 Å². The van der Waals surface area contributed by atoms with Crippen molar-refractivity contribution in [1.29, 1.82) is 0 Å². The lowest BCUT2D eigenvalue weighted by Crippen LogP contribution is -2.68. The Kier molecular flexibility index (Phi) is 7.47. The molecule has 0 aromatic heterocycles. The summed E-state index contributed by atoms with van der Waals surface area (Å²) < 4.78 is 34.6. The lowest BCUT2D eigenvalue weighted by atomic mass is 9.85. The average Bonchev–Trinajstić information content (AvgIpc) is 3.35. The third kappa shape index (κ3) is 4.79. The first-order valence-corrected chi connectivity index (χ1v) is 13.3. The molecular formula is C29H33F2N3O4. The number of nitrogens with zero attached hydrogens (tertiary/aromatic N) is 2. The number of benzene rings is 2. The molecule has 2 heterocycles. The number of carbonyl (C=O) groups excluding carboxylic acids is 3. The zero-order chi connectivity index (χ0) is 27.0. The van der Waals surface area contributed by atoms with E-state index in [0.29, 0.717) is 38.5 Å². The molecule has 3 amide bonds. The van der Waals surface area contributed by atoms with Crippen LogP contribution in [0.4, 0.5) is 8.78 Å². The summed E-state index contributed by atoms with van der Waals surface area (Å²) in [6.45, 7) is 4.93. The number of amides is 3. The van der Waals surface area contributed by atoms with E-state index in [9.17, 15) is 18.8 Å². The van der Waals surface area contributed by atoms with Crippen molar-refractivity contribution < 1.29 is 27.9 Å². The molecule has 2 aromatic carbocycles. The van der Waals surface area contributed by atoms with Gasteiger partial charge in [0.15, 0.2) is 0 Å². The summed E-state index contributed by atoms with van der Waals surface area (Å²) in [5.41, 5.74) is 2.13. The lowest BCUT2D eigenvalue weighted by molar-refractivity contribution is -0.163. The first-order valence-electron chi connectivity index (χ1n) is 13.3. The standard InChI is InChI=1S/C29H33F2N3O4/c1-3-17(2)25-27(35)32-24(20-14-18-6-4-5-7-19(18)15-20)28(36)34(25)26(22-9-8-21(30)16-23(22)31)29(37)33-10-12-38-13-11-33/h4-9,16-17,20,24-26H,3,10-15H2,1-2H3,(H,32,35)/t17-,24+,25+,26?/m0/s1. The fourth-order valence-corrected chi connectivity index (χ4v) is 6.00. The molecule has 0 bridgehead atoms. The summed E-state index contributed by atoms with van der Waals surface area (Å²) in [5, 5.41) is 2.96. The van der Waals surface area contributed by atoms with Crippen molar-refractivity contribution >= 4 is 17.7 Å². The molecule has 1 aliphatic carbocycles. The fraction of sp³-hybridized carbons (Fsp3) is 0.483. The van der Waals surface area contributed by atoms with Gasteiger partial charge < -0.3 is 19.9 Å². The van der Waals surface area contributed by atoms with Crippen molar-refractivity contribution in [3.63, 3.8) is 0 Å². The maximum Gasteiger partial charge on any atom is 0.250 e. The van der Waals surface area contributed by atoms with E-state index in [2.05, 4.69) is 5.32 Å². The molecule has 0 saturated carbocycles. The topological polar surface area (TPSA) is 79.0 Å². The van der Waals surface area contributed by atoms with Crippen LogP contribution in [0.15, 0.2) is 42.5 Å². The van der Waals surface area contributed by atoms with Gasteiger partial charge in [0.1, 0.15) is 29.8 Å². The van der Waals surface area contributed by atoms with Crippen LogP contribution < -0.4 is 5.32 Å². The van der Waals surface area contributed by atoms with E-state index in [1.54, 1.807) is 0 Å². The molecule has 2 fully saturated rings. The molecule has 5 rings (SSSR count). The van der Waals surface area contributed by atoms with Gasteiger partial charge in [0.25, 0.3) is 0 Å². The lowest BCUT2D eigenvalue weighted by Gasteiger charge is -2.47. The predicted molar refractivity (Wildman–Crippen MR) is 136 cm³/mol. The summed E-state index contributed by atoms with van der Waals surface area (Å²) in [5.74, 6) is -3.48. The Balaban J connectivity index is 1.58. The number of piperazine rings is 1. The SMILES string of the molecule is CC[C@H](C)[C@@H]1C(=O)N[C@H](C2Cc3ccccc3C2)C(=O)N1C(C(=O)N1CCOCC1)c1ccc(F)cc1F. The molecule has 0 spiro atoms. The van der Waals surface area contributed by atoms with Crippen LogP contribution >= 0.6 is 0 Å². The second-order valence-corrected chi connectivity index (χ2v) is 10.5. The van der Waals surface area contributed by atoms with Gasteiger partial charge in [-0.05, 0) is 41.9 Å². The zero-order valence-corrected chi connectivity index (χ0v) is 21.7. The van der Waals surface area contributed by atoms with E-state index in [4.69, 9.17) is 4.74 Å². The number of carbonyl (C=O) groups is 3. The van der Waals surface area contributed by atoms with Crippen molar-refractivity contribution in [1.82, 2.24) is 15.1 Å². The van der Waals surface area contributed by atoms with E-state index in [0.717, 1.165) is 17.2 Å². The van der Waals surface area contributed by atoms with Gasteiger partial charge in [0, 0.05) is 24.7 Å². The minimum Gasteiger partial charge on any atom is -0.378 e. The minimum atomic E-state index is -1.41. The van der Waals surface area contributed by atoms with Crippen molar-refractivity contribution in [2.24, 2.45) is 11.8 Å². The number of ether oxygens (including phenoxy) is 1. The largest absolute Gasteiger partial charge is 0.378 e. The fourth-order valence-electron chi connectivity index (χ4n) is 6.00. The summed E-state index contributed by atoms with van der Waals surface area (Å²) in [6, 6.07) is 7.68. The molecular weight excluding hydrogens is 492 g/mol. The van der Waals surface area contributed by atoms with Gasteiger partial charge in [0.2, 0.25) is 17.7 Å². The zero-order valence-electron chi connectivity index (χ0n) is 21.7. The first kappa shape index (κ1) is 26.3. The number of morpholine rings is 1. The van der Waals surface area contributed by atoms with Crippen molar-refractivity contribution in [3.05, 3.63) is 70.8 Å². The van der Waals surface area contributed by atoms with Crippen LogP contribution in [0.2, 0.25) is 0 Å². The highest BCUT2D eigenvalue weighted by Crippen LogP contribution is 2.37. The Morgan fingerprint density at radius 1 is 1.08 bits per heavy atom. The van der Waals surface area contributed by atoms with E-state index < -0.39 is 41.6 Å². The Bertz CT molecular complexity index is 1210. The molecule has 2 aliphatic heterocycles. The third-order valence-electron chi connectivity index (χ3n) is 8.22. The summed E-state index contributed by atoms with van der Waals surface area (Å²) in [7, 11) is 0. The molecule has 7 nitrogen and oxygen atoms in total. The Labute approximate surface area is 221 Å². The summed E-state index contributed by atoms with van der Waals surface area (Å²) >= 11 is 0. The average molecular weight is 526 g/mol. The highest BCUT2D eigenvalue weighted by molar-refractivity contribution is 6.00. The minimum absolute atomic E-state index is 0.118. The molecule has 2 aromatic rings. The second-order valence-electron chi connectivity index (χ2n) is 10.5. The van der Waals surface area contributed by atoms with Gasteiger partial charge in [-0.1, -0.05) is 50.6 Å². The highest BCUT2D eigenvalue weighted by Gasteiger charge is 2.51. The van der Waals surface area contributed by atoms with Gasteiger partial charge in [0.05, 0.1) is 13.2 Å². The number of nitrogens with one attached hydrogen (secondary N) is 1. The van der Waals surface area contributed by atoms with Crippen LogP contribution in [-0.2, 0) is 32.0 Å². The molecule has 2 saturated heterocycles. The molecule has 202 valence electrons. The second kappa shape index (κ2) is 10.8. The number of hydrogen-bond acceptors (Lipinski definition) is 4. The normalized spacial score (nSPS) is 23.7. The van der Waals surface area contributed by atoms with E-state index in [-0.39, 0.29) is 36.4 Å². The molecule has 1 unspecified atom stereocenters. The first-order chi connectivity index (χ1) is 18.3. The maximum absolute atomic E-state index is 15.3. The molecule has 0 radical (unpaired) electrons. The molecule has 1 N–H and O–H groups in total. The molecule has 3 aliphatic rings. The number of fused-ring (bicyclic) bond motifs is 1. The molecule has 38 heavy (non-hydrogen) atoms.